The molecule has 120 valence electrons. The first-order valence-electron chi connectivity index (χ1n) is 6.53. The maximum atomic E-state index is 11.7. The molecule has 2 aromatic rings. The molecule has 0 aliphatic rings. The standard InChI is InChI=1S/C15H14N2O6/c1-22-14-7-4-11(8-13(14)18)16-15(19)23-9-10-2-5-12(6-3-10)17(20)21/h2-8,18H,9H2,1H3,(H,16,19). The molecule has 0 radical (unpaired) electrons. The van der Waals surface area contributed by atoms with E-state index in [-0.39, 0.29) is 23.8 Å². The van der Waals surface area contributed by atoms with Crippen LogP contribution in [0.1, 0.15) is 5.56 Å². The number of carbonyl (C=O) groups is 1. The predicted octanol–water partition coefficient (Wildman–Crippen LogP) is 3.06. The number of phenols is 1. The normalized spacial score (nSPS) is 9.96. The van der Waals surface area contributed by atoms with Gasteiger partial charge in [-0.1, -0.05) is 0 Å². The molecule has 0 saturated heterocycles. The zero-order chi connectivity index (χ0) is 16.8. The van der Waals surface area contributed by atoms with Crippen molar-refractivity contribution in [2.24, 2.45) is 0 Å². The third kappa shape index (κ3) is 4.34. The monoisotopic (exact) mass is 318 g/mol. The number of ether oxygens (including phenoxy) is 2. The number of aromatic hydroxyl groups is 1. The van der Waals surface area contributed by atoms with Crippen LogP contribution in [-0.2, 0) is 11.3 Å². The average Bonchev–Trinajstić information content (AvgIpc) is 2.53. The SMILES string of the molecule is COc1ccc(NC(=O)OCc2ccc([N+](=O)[O-])cc2)cc1O. The lowest BCUT2D eigenvalue weighted by molar-refractivity contribution is -0.384. The minimum absolute atomic E-state index is 0.0353. The van der Waals surface area contributed by atoms with E-state index in [1.165, 1.54) is 43.5 Å². The van der Waals surface area contributed by atoms with Crippen molar-refractivity contribution in [1.29, 1.82) is 0 Å². The minimum atomic E-state index is -0.715. The Labute approximate surface area is 131 Å². The van der Waals surface area contributed by atoms with E-state index in [0.717, 1.165) is 0 Å². The fraction of sp³-hybridized carbons (Fsp3) is 0.133. The van der Waals surface area contributed by atoms with Crippen molar-refractivity contribution < 1.29 is 24.3 Å². The lowest BCUT2D eigenvalue weighted by atomic mass is 10.2. The Morgan fingerprint density at radius 3 is 2.52 bits per heavy atom. The summed E-state index contributed by atoms with van der Waals surface area (Å²) < 4.78 is 9.89. The lowest BCUT2D eigenvalue weighted by Crippen LogP contribution is -2.13. The molecule has 0 aliphatic carbocycles. The second kappa shape index (κ2) is 7.12. The van der Waals surface area contributed by atoms with E-state index in [1.807, 2.05) is 0 Å². The number of nitrogens with zero attached hydrogens (tertiary/aromatic N) is 1. The number of benzene rings is 2. The first kappa shape index (κ1) is 16.1. The summed E-state index contributed by atoms with van der Waals surface area (Å²) in [5.74, 6) is 0.176. The quantitative estimate of drug-likeness (QED) is 0.647. The van der Waals surface area contributed by atoms with Gasteiger partial charge >= 0.3 is 6.09 Å². The Hall–Kier alpha value is -3.29. The summed E-state index contributed by atoms with van der Waals surface area (Å²) in [6, 6.07) is 10.0. The molecule has 2 rings (SSSR count). The highest BCUT2D eigenvalue weighted by atomic mass is 16.6. The van der Waals surface area contributed by atoms with Crippen LogP contribution in [0.4, 0.5) is 16.2 Å². The fourth-order valence-corrected chi connectivity index (χ4v) is 1.78. The summed E-state index contributed by atoms with van der Waals surface area (Å²) in [4.78, 5) is 21.7. The lowest BCUT2D eigenvalue weighted by Gasteiger charge is -2.09. The zero-order valence-corrected chi connectivity index (χ0v) is 12.2. The Balaban J connectivity index is 1.89. The number of nitrogens with one attached hydrogen (secondary N) is 1. The van der Waals surface area contributed by atoms with Crippen LogP contribution in [0, 0.1) is 10.1 Å². The highest BCUT2D eigenvalue weighted by molar-refractivity contribution is 5.85. The van der Waals surface area contributed by atoms with Crippen LogP contribution in [0.15, 0.2) is 42.5 Å². The Morgan fingerprint density at radius 2 is 1.96 bits per heavy atom. The highest BCUT2D eigenvalue weighted by Crippen LogP contribution is 2.28. The van der Waals surface area contributed by atoms with Crippen LogP contribution >= 0.6 is 0 Å². The smallest absolute Gasteiger partial charge is 0.411 e. The third-order valence-electron chi connectivity index (χ3n) is 2.94. The van der Waals surface area contributed by atoms with E-state index in [2.05, 4.69) is 5.32 Å². The molecule has 1 amide bonds. The van der Waals surface area contributed by atoms with Crippen LogP contribution in [-0.4, -0.2) is 23.2 Å². The minimum Gasteiger partial charge on any atom is -0.504 e. The van der Waals surface area contributed by atoms with Gasteiger partial charge in [-0.25, -0.2) is 4.79 Å². The molecule has 2 N–H and O–H groups in total. The molecule has 0 aliphatic heterocycles. The van der Waals surface area contributed by atoms with Crippen LogP contribution < -0.4 is 10.1 Å². The van der Waals surface area contributed by atoms with Gasteiger partial charge in [-0.05, 0) is 29.8 Å². The van der Waals surface area contributed by atoms with Gasteiger partial charge in [0.25, 0.3) is 5.69 Å². The second-order valence-corrected chi connectivity index (χ2v) is 4.51. The second-order valence-electron chi connectivity index (χ2n) is 4.51. The van der Waals surface area contributed by atoms with Gasteiger partial charge in [0.1, 0.15) is 6.61 Å². The molecule has 0 aromatic heterocycles. The van der Waals surface area contributed by atoms with E-state index in [4.69, 9.17) is 9.47 Å². The van der Waals surface area contributed by atoms with Crippen molar-refractivity contribution in [2.45, 2.75) is 6.61 Å². The van der Waals surface area contributed by atoms with Crippen LogP contribution in [0.2, 0.25) is 0 Å². The Bertz CT molecular complexity index is 714. The molecule has 8 nitrogen and oxygen atoms in total. The molecule has 0 atom stereocenters. The molecular formula is C15H14N2O6. The molecule has 2 aromatic carbocycles. The first-order chi connectivity index (χ1) is 11.0. The molecular weight excluding hydrogens is 304 g/mol. The van der Waals surface area contributed by atoms with Crippen molar-refractivity contribution >= 4 is 17.5 Å². The predicted molar refractivity (Wildman–Crippen MR) is 81.6 cm³/mol. The molecule has 0 unspecified atom stereocenters. The molecule has 23 heavy (non-hydrogen) atoms. The summed E-state index contributed by atoms with van der Waals surface area (Å²) in [5.41, 5.74) is 0.923. The zero-order valence-electron chi connectivity index (χ0n) is 12.2. The molecule has 0 fully saturated rings. The van der Waals surface area contributed by atoms with Crippen LogP contribution in [0.5, 0.6) is 11.5 Å². The van der Waals surface area contributed by atoms with Gasteiger partial charge in [-0.3, -0.25) is 15.4 Å². The topological polar surface area (TPSA) is 111 Å². The largest absolute Gasteiger partial charge is 0.504 e. The number of phenolic OH excluding ortho intramolecular Hbond substituents is 1. The van der Waals surface area contributed by atoms with Gasteiger partial charge in [-0.2, -0.15) is 0 Å². The highest BCUT2D eigenvalue weighted by Gasteiger charge is 2.08. The van der Waals surface area contributed by atoms with Gasteiger partial charge < -0.3 is 14.6 Å². The number of hydrogen-bond donors (Lipinski definition) is 2. The number of rotatable bonds is 5. The summed E-state index contributed by atoms with van der Waals surface area (Å²) in [6.45, 7) is -0.0357. The number of carbonyl (C=O) groups excluding carboxylic acids is 1. The first-order valence-corrected chi connectivity index (χ1v) is 6.53. The van der Waals surface area contributed by atoms with E-state index in [0.29, 0.717) is 11.3 Å². The third-order valence-corrected chi connectivity index (χ3v) is 2.94. The van der Waals surface area contributed by atoms with E-state index >= 15 is 0 Å². The molecule has 0 heterocycles. The van der Waals surface area contributed by atoms with Gasteiger partial charge in [0, 0.05) is 23.9 Å². The summed E-state index contributed by atoms with van der Waals surface area (Å²) >= 11 is 0. The van der Waals surface area contributed by atoms with Gasteiger partial charge in [0.15, 0.2) is 11.5 Å². The fourth-order valence-electron chi connectivity index (χ4n) is 1.78. The van der Waals surface area contributed by atoms with Gasteiger partial charge in [0.2, 0.25) is 0 Å². The number of non-ortho nitro benzene ring substituents is 1. The number of amides is 1. The van der Waals surface area contributed by atoms with E-state index < -0.39 is 11.0 Å². The number of nitro groups is 1. The number of hydrogen-bond acceptors (Lipinski definition) is 6. The maximum Gasteiger partial charge on any atom is 0.411 e. The van der Waals surface area contributed by atoms with Crippen molar-refractivity contribution in [3.63, 3.8) is 0 Å². The number of anilines is 1. The Kier molecular flexibility index (Phi) is 4.98. The van der Waals surface area contributed by atoms with Crippen LogP contribution in [0.25, 0.3) is 0 Å². The van der Waals surface area contributed by atoms with Crippen LogP contribution in [0.3, 0.4) is 0 Å². The average molecular weight is 318 g/mol. The van der Waals surface area contributed by atoms with Crippen molar-refractivity contribution in [3.8, 4) is 11.5 Å². The maximum absolute atomic E-state index is 11.7. The Morgan fingerprint density at radius 1 is 1.26 bits per heavy atom. The van der Waals surface area contributed by atoms with Crippen molar-refractivity contribution in [2.75, 3.05) is 12.4 Å². The number of methoxy groups -OCH3 is 1. The van der Waals surface area contributed by atoms with E-state index in [9.17, 15) is 20.0 Å². The van der Waals surface area contributed by atoms with Gasteiger partial charge in [-0.15, -0.1) is 0 Å². The molecule has 0 spiro atoms. The molecule has 0 saturated carbocycles. The molecule has 8 heteroatoms. The summed E-state index contributed by atoms with van der Waals surface area (Å²) in [7, 11) is 1.42. The number of nitro benzene ring substituents is 1. The van der Waals surface area contributed by atoms with E-state index in [1.54, 1.807) is 6.07 Å². The summed E-state index contributed by atoms with van der Waals surface area (Å²) in [6.07, 6.45) is -0.715. The summed E-state index contributed by atoms with van der Waals surface area (Å²) in [5, 5.41) is 22.6. The van der Waals surface area contributed by atoms with Crippen molar-refractivity contribution in [3.05, 3.63) is 58.1 Å². The van der Waals surface area contributed by atoms with Crippen molar-refractivity contribution in [1.82, 2.24) is 0 Å². The van der Waals surface area contributed by atoms with Gasteiger partial charge in [0.05, 0.1) is 12.0 Å². The molecule has 0 bridgehead atoms.